The van der Waals surface area contributed by atoms with E-state index in [4.69, 9.17) is 4.74 Å². The Morgan fingerprint density at radius 2 is 1.86 bits per heavy atom. The summed E-state index contributed by atoms with van der Waals surface area (Å²) in [7, 11) is 0. The molecule has 2 amide bonds. The van der Waals surface area contributed by atoms with Crippen molar-refractivity contribution >= 4 is 23.3 Å². The first-order valence-corrected chi connectivity index (χ1v) is 7.97. The highest BCUT2D eigenvalue weighted by Crippen LogP contribution is 2.16. The SMILES string of the molecule is CCc1ccc(C(=O)NCCCNC(=O)OC(C)(C)C)s1. The predicted octanol–water partition coefficient (Wildman–Crippen LogP) is 2.96. The van der Waals surface area contributed by atoms with Crippen molar-refractivity contribution in [1.29, 1.82) is 0 Å². The molecule has 0 unspecified atom stereocenters. The van der Waals surface area contributed by atoms with Crippen molar-refractivity contribution in [3.05, 3.63) is 21.9 Å². The molecule has 0 saturated carbocycles. The summed E-state index contributed by atoms with van der Waals surface area (Å²) in [4.78, 5) is 25.2. The maximum Gasteiger partial charge on any atom is 0.407 e. The average Bonchev–Trinajstić information content (AvgIpc) is 2.84. The summed E-state index contributed by atoms with van der Waals surface area (Å²) in [6, 6.07) is 3.82. The van der Waals surface area contributed by atoms with Crippen molar-refractivity contribution in [3.8, 4) is 0 Å². The molecular weight excluding hydrogens is 288 g/mol. The summed E-state index contributed by atoms with van der Waals surface area (Å²) in [5.41, 5.74) is -0.492. The van der Waals surface area contributed by atoms with Crippen molar-refractivity contribution in [2.75, 3.05) is 13.1 Å². The van der Waals surface area contributed by atoms with E-state index in [1.54, 1.807) is 0 Å². The maximum absolute atomic E-state index is 11.8. The summed E-state index contributed by atoms with van der Waals surface area (Å²) in [5.74, 6) is -0.0584. The number of hydrogen-bond donors (Lipinski definition) is 2. The van der Waals surface area contributed by atoms with Crippen molar-refractivity contribution in [2.45, 2.75) is 46.1 Å². The molecule has 1 rings (SSSR count). The lowest BCUT2D eigenvalue weighted by Gasteiger charge is -2.19. The van der Waals surface area contributed by atoms with Gasteiger partial charge in [0, 0.05) is 18.0 Å². The molecular formula is C15H24N2O3S. The number of hydrogen-bond acceptors (Lipinski definition) is 4. The van der Waals surface area contributed by atoms with Crippen LogP contribution in [0.1, 0.15) is 48.7 Å². The number of aryl methyl sites for hydroxylation is 1. The maximum atomic E-state index is 11.8. The molecule has 0 atom stereocenters. The lowest BCUT2D eigenvalue weighted by Crippen LogP contribution is -2.34. The van der Waals surface area contributed by atoms with Gasteiger partial charge in [-0.25, -0.2) is 4.79 Å². The first-order chi connectivity index (χ1) is 9.81. The fourth-order valence-electron chi connectivity index (χ4n) is 1.57. The molecule has 0 aliphatic carbocycles. The predicted molar refractivity (Wildman–Crippen MR) is 84.9 cm³/mol. The van der Waals surface area contributed by atoms with Crippen molar-refractivity contribution < 1.29 is 14.3 Å². The molecule has 5 nitrogen and oxygen atoms in total. The Labute approximate surface area is 130 Å². The van der Waals surface area contributed by atoms with Crippen LogP contribution in [0.5, 0.6) is 0 Å². The molecule has 1 heterocycles. The Morgan fingerprint density at radius 1 is 1.19 bits per heavy atom. The van der Waals surface area contributed by atoms with E-state index in [1.165, 1.54) is 16.2 Å². The fraction of sp³-hybridized carbons (Fsp3) is 0.600. The van der Waals surface area contributed by atoms with Crippen LogP contribution in [0.25, 0.3) is 0 Å². The van der Waals surface area contributed by atoms with E-state index >= 15 is 0 Å². The van der Waals surface area contributed by atoms with E-state index in [9.17, 15) is 9.59 Å². The van der Waals surface area contributed by atoms with Gasteiger partial charge >= 0.3 is 6.09 Å². The van der Waals surface area contributed by atoms with Crippen molar-refractivity contribution in [2.24, 2.45) is 0 Å². The molecule has 0 spiro atoms. The molecule has 0 aromatic carbocycles. The van der Waals surface area contributed by atoms with E-state index in [2.05, 4.69) is 17.6 Å². The zero-order chi connectivity index (χ0) is 15.9. The summed E-state index contributed by atoms with van der Waals surface area (Å²) in [6.45, 7) is 8.51. The molecule has 0 fully saturated rings. The van der Waals surface area contributed by atoms with Crippen LogP contribution in [-0.2, 0) is 11.2 Å². The second kappa shape index (κ2) is 8.02. The summed E-state index contributed by atoms with van der Waals surface area (Å²) >= 11 is 1.51. The van der Waals surface area contributed by atoms with Crippen LogP contribution in [0, 0.1) is 0 Å². The molecule has 0 aliphatic rings. The monoisotopic (exact) mass is 312 g/mol. The van der Waals surface area contributed by atoms with Crippen LogP contribution < -0.4 is 10.6 Å². The number of carbonyl (C=O) groups is 2. The molecule has 0 aliphatic heterocycles. The van der Waals surface area contributed by atoms with Crippen LogP contribution in [0.4, 0.5) is 4.79 Å². The Kier molecular flexibility index (Phi) is 6.68. The molecule has 0 bridgehead atoms. The number of nitrogens with one attached hydrogen (secondary N) is 2. The zero-order valence-corrected chi connectivity index (χ0v) is 13.9. The molecule has 2 N–H and O–H groups in total. The largest absolute Gasteiger partial charge is 0.444 e. The van der Waals surface area contributed by atoms with Crippen LogP contribution in [-0.4, -0.2) is 30.7 Å². The third-order valence-corrected chi connectivity index (χ3v) is 3.77. The lowest BCUT2D eigenvalue weighted by atomic mass is 10.2. The average molecular weight is 312 g/mol. The minimum atomic E-state index is -0.492. The lowest BCUT2D eigenvalue weighted by molar-refractivity contribution is 0.0527. The quantitative estimate of drug-likeness (QED) is 0.794. The van der Waals surface area contributed by atoms with Gasteiger partial charge in [0.25, 0.3) is 5.91 Å². The van der Waals surface area contributed by atoms with Crippen molar-refractivity contribution in [1.82, 2.24) is 10.6 Å². The van der Waals surface area contributed by atoms with Gasteiger partial charge in [-0.05, 0) is 45.7 Å². The van der Waals surface area contributed by atoms with Gasteiger partial charge in [-0.3, -0.25) is 4.79 Å². The first kappa shape index (κ1) is 17.5. The van der Waals surface area contributed by atoms with Gasteiger partial charge in [-0.1, -0.05) is 6.92 Å². The van der Waals surface area contributed by atoms with E-state index < -0.39 is 11.7 Å². The molecule has 1 aromatic heterocycles. The number of thiophene rings is 1. The van der Waals surface area contributed by atoms with Crippen LogP contribution in [0.2, 0.25) is 0 Å². The molecule has 0 radical (unpaired) electrons. The van der Waals surface area contributed by atoms with Crippen LogP contribution in [0.3, 0.4) is 0 Å². The highest BCUT2D eigenvalue weighted by atomic mass is 32.1. The smallest absolute Gasteiger partial charge is 0.407 e. The highest BCUT2D eigenvalue weighted by Gasteiger charge is 2.15. The molecule has 21 heavy (non-hydrogen) atoms. The Balaban J connectivity index is 2.16. The number of alkyl carbamates (subject to hydrolysis) is 1. The second-order valence-corrected chi connectivity index (χ2v) is 6.83. The Morgan fingerprint density at radius 3 is 2.43 bits per heavy atom. The fourth-order valence-corrected chi connectivity index (χ4v) is 2.44. The number of rotatable bonds is 6. The van der Waals surface area contributed by atoms with Crippen molar-refractivity contribution in [3.63, 3.8) is 0 Å². The summed E-state index contributed by atoms with van der Waals surface area (Å²) in [5, 5.41) is 5.49. The van der Waals surface area contributed by atoms with Gasteiger partial charge in [0.15, 0.2) is 0 Å². The Bertz CT molecular complexity index is 478. The highest BCUT2D eigenvalue weighted by molar-refractivity contribution is 7.14. The standard InChI is InChI=1S/C15H24N2O3S/c1-5-11-7-8-12(21-11)13(18)16-9-6-10-17-14(19)20-15(2,3)4/h7-8H,5-6,9-10H2,1-4H3,(H,16,18)(H,17,19). The van der Waals surface area contributed by atoms with Gasteiger partial charge in [0.05, 0.1) is 4.88 Å². The minimum Gasteiger partial charge on any atom is -0.444 e. The van der Waals surface area contributed by atoms with E-state index in [0.29, 0.717) is 19.5 Å². The summed E-state index contributed by atoms with van der Waals surface area (Å²) in [6.07, 6.45) is 1.18. The van der Waals surface area contributed by atoms with Gasteiger partial charge in [0.1, 0.15) is 5.60 Å². The van der Waals surface area contributed by atoms with Gasteiger partial charge in [-0.15, -0.1) is 11.3 Å². The van der Waals surface area contributed by atoms with E-state index in [1.807, 2.05) is 32.9 Å². The molecule has 1 aromatic rings. The molecule has 6 heteroatoms. The molecule has 0 saturated heterocycles. The van der Waals surface area contributed by atoms with Gasteiger partial charge in [-0.2, -0.15) is 0 Å². The van der Waals surface area contributed by atoms with E-state index in [0.717, 1.165) is 11.3 Å². The normalized spacial score (nSPS) is 11.0. The second-order valence-electron chi connectivity index (χ2n) is 5.66. The third-order valence-electron chi connectivity index (χ3n) is 2.54. The van der Waals surface area contributed by atoms with Crippen LogP contribution in [0.15, 0.2) is 12.1 Å². The van der Waals surface area contributed by atoms with Gasteiger partial charge in [0.2, 0.25) is 0 Å². The number of amides is 2. The number of carbonyl (C=O) groups excluding carboxylic acids is 2. The third kappa shape index (κ3) is 7.13. The van der Waals surface area contributed by atoms with Crippen LogP contribution >= 0.6 is 11.3 Å². The molecule has 118 valence electrons. The Hall–Kier alpha value is -1.56. The number of ether oxygens (including phenoxy) is 1. The topological polar surface area (TPSA) is 67.4 Å². The minimum absolute atomic E-state index is 0.0584. The zero-order valence-electron chi connectivity index (χ0n) is 13.1. The summed E-state index contributed by atoms with van der Waals surface area (Å²) < 4.78 is 5.11. The van der Waals surface area contributed by atoms with E-state index in [-0.39, 0.29) is 5.91 Å². The first-order valence-electron chi connectivity index (χ1n) is 7.15. The van der Waals surface area contributed by atoms with Gasteiger partial charge < -0.3 is 15.4 Å².